The van der Waals surface area contributed by atoms with Gasteiger partial charge in [-0.25, -0.2) is 14.9 Å². The molecular formula is C19H21N5O3. The highest BCUT2D eigenvalue weighted by Crippen LogP contribution is 2.56. The molecule has 4 saturated carbocycles. The lowest BCUT2D eigenvalue weighted by molar-refractivity contribution is -0.129. The first-order valence-electron chi connectivity index (χ1n) is 9.59. The third kappa shape index (κ3) is 2.29. The molecule has 0 spiro atoms. The molecule has 0 aliphatic heterocycles. The van der Waals surface area contributed by atoms with E-state index in [1.165, 1.54) is 12.8 Å². The first-order chi connectivity index (χ1) is 13.1. The summed E-state index contributed by atoms with van der Waals surface area (Å²) in [7, 11) is 0. The molecule has 7 rings (SSSR count). The molecule has 0 amide bonds. The maximum absolute atomic E-state index is 11.5. The van der Waals surface area contributed by atoms with Crippen molar-refractivity contribution in [3.05, 3.63) is 29.0 Å². The molecule has 0 aromatic carbocycles. The van der Waals surface area contributed by atoms with Gasteiger partial charge in [0.15, 0.2) is 0 Å². The van der Waals surface area contributed by atoms with Crippen LogP contribution < -0.4 is 11.1 Å². The summed E-state index contributed by atoms with van der Waals surface area (Å²) in [5.41, 5.74) is 1.88. The lowest BCUT2D eigenvalue weighted by Gasteiger charge is -2.58. The van der Waals surface area contributed by atoms with Crippen molar-refractivity contribution in [2.75, 3.05) is 5.32 Å². The molecule has 27 heavy (non-hydrogen) atoms. The maximum atomic E-state index is 11.5. The van der Waals surface area contributed by atoms with E-state index in [1.807, 2.05) is 12.3 Å². The second-order valence-corrected chi connectivity index (χ2v) is 8.57. The standard InChI is InChI=1S/C19H21N5O3/c25-18-24-23-17(27-18)13-8-21-16-12(1-2-20-16)15(13)22-14-10-3-9-4-11(14)7-19(26,5-9)6-10/h1-2,8-11,14,26H,3-7H2,(H,24,25)(H2,20,21,22)/t9?,10-,11+,14+,19-. The zero-order valence-corrected chi connectivity index (χ0v) is 14.7. The summed E-state index contributed by atoms with van der Waals surface area (Å²) in [5.74, 6) is 1.23. The molecule has 1 unspecified atom stereocenters. The molecule has 3 aromatic heterocycles. The van der Waals surface area contributed by atoms with Crippen LogP contribution in [0.25, 0.3) is 22.5 Å². The predicted octanol–water partition coefficient (Wildman–Crippen LogP) is 2.26. The van der Waals surface area contributed by atoms with Crippen LogP contribution in [0.4, 0.5) is 5.69 Å². The van der Waals surface area contributed by atoms with Gasteiger partial charge in [-0.3, -0.25) is 0 Å². The van der Waals surface area contributed by atoms with Crippen LogP contribution >= 0.6 is 0 Å². The first kappa shape index (κ1) is 15.4. The molecule has 8 nitrogen and oxygen atoms in total. The van der Waals surface area contributed by atoms with Crippen LogP contribution in [0.3, 0.4) is 0 Å². The van der Waals surface area contributed by atoms with E-state index in [4.69, 9.17) is 4.42 Å². The van der Waals surface area contributed by atoms with E-state index < -0.39 is 11.4 Å². The number of H-pyrrole nitrogens is 2. The van der Waals surface area contributed by atoms with Crippen molar-refractivity contribution in [2.45, 2.75) is 43.7 Å². The van der Waals surface area contributed by atoms with E-state index in [0.717, 1.165) is 36.0 Å². The summed E-state index contributed by atoms with van der Waals surface area (Å²) in [4.78, 5) is 19.0. The van der Waals surface area contributed by atoms with Crippen molar-refractivity contribution in [1.29, 1.82) is 0 Å². The molecule has 3 aromatic rings. The molecule has 4 N–H and O–H groups in total. The Morgan fingerprint density at radius 1 is 1.26 bits per heavy atom. The van der Waals surface area contributed by atoms with E-state index in [9.17, 15) is 9.90 Å². The molecule has 0 saturated heterocycles. The van der Waals surface area contributed by atoms with E-state index >= 15 is 0 Å². The second kappa shape index (κ2) is 5.22. The number of aliphatic hydroxyl groups is 1. The highest BCUT2D eigenvalue weighted by molar-refractivity contribution is 5.97. The number of anilines is 1. The zero-order chi connectivity index (χ0) is 18.2. The Kier molecular flexibility index (Phi) is 2.99. The van der Waals surface area contributed by atoms with Crippen LogP contribution in [0.2, 0.25) is 0 Å². The summed E-state index contributed by atoms with van der Waals surface area (Å²) in [6, 6.07) is 2.27. The van der Waals surface area contributed by atoms with Gasteiger partial charge in [0.25, 0.3) is 5.89 Å². The number of hydrogen-bond donors (Lipinski definition) is 4. The molecular weight excluding hydrogens is 346 g/mol. The third-order valence-corrected chi connectivity index (χ3v) is 6.81. The smallest absolute Gasteiger partial charge is 0.390 e. The fourth-order valence-electron chi connectivity index (χ4n) is 6.05. The highest BCUT2D eigenvalue weighted by atomic mass is 16.4. The Balaban J connectivity index is 1.44. The molecule has 8 heteroatoms. The number of nitrogens with zero attached hydrogens (tertiary/aromatic N) is 2. The monoisotopic (exact) mass is 367 g/mol. The van der Waals surface area contributed by atoms with Gasteiger partial charge >= 0.3 is 5.76 Å². The first-order valence-corrected chi connectivity index (χ1v) is 9.59. The van der Waals surface area contributed by atoms with Gasteiger partial charge in [-0.2, -0.15) is 0 Å². The minimum atomic E-state index is -0.582. The fourth-order valence-corrected chi connectivity index (χ4v) is 6.05. The van der Waals surface area contributed by atoms with Crippen LogP contribution in [0.5, 0.6) is 0 Å². The minimum Gasteiger partial charge on any atom is -0.390 e. The van der Waals surface area contributed by atoms with Gasteiger partial charge in [-0.05, 0) is 55.9 Å². The average Bonchev–Trinajstić information content (AvgIpc) is 3.25. The van der Waals surface area contributed by atoms with Gasteiger partial charge in [-0.1, -0.05) is 0 Å². The lowest BCUT2D eigenvalue weighted by Crippen LogP contribution is -2.59. The van der Waals surface area contributed by atoms with Gasteiger partial charge in [0.2, 0.25) is 0 Å². The number of aromatic nitrogens is 4. The quantitative estimate of drug-likeness (QED) is 0.564. The van der Waals surface area contributed by atoms with Gasteiger partial charge in [0, 0.05) is 23.8 Å². The Morgan fingerprint density at radius 3 is 2.78 bits per heavy atom. The largest absolute Gasteiger partial charge is 0.434 e. The van der Waals surface area contributed by atoms with Crippen molar-refractivity contribution in [3.63, 3.8) is 0 Å². The van der Waals surface area contributed by atoms with Crippen molar-refractivity contribution in [2.24, 2.45) is 17.8 Å². The van der Waals surface area contributed by atoms with E-state index in [0.29, 0.717) is 29.4 Å². The topological polar surface area (TPSA) is 120 Å². The van der Waals surface area contributed by atoms with Crippen LogP contribution in [0.1, 0.15) is 32.1 Å². The molecule has 0 radical (unpaired) electrons. The van der Waals surface area contributed by atoms with E-state index in [-0.39, 0.29) is 5.89 Å². The number of aromatic amines is 2. The molecule has 4 aliphatic carbocycles. The Bertz CT molecular complexity index is 1070. The summed E-state index contributed by atoms with van der Waals surface area (Å²) in [6.07, 6.45) is 8.58. The normalized spacial score (nSPS) is 34.4. The van der Waals surface area contributed by atoms with Crippen LogP contribution in [-0.2, 0) is 0 Å². The number of rotatable bonds is 3. The van der Waals surface area contributed by atoms with Gasteiger partial charge < -0.3 is 19.8 Å². The summed E-state index contributed by atoms with van der Waals surface area (Å²) >= 11 is 0. The number of hydrogen-bond acceptors (Lipinski definition) is 6. The average molecular weight is 367 g/mol. The SMILES string of the molecule is O=c1[nH]nc(-c2cnc3[nH]ccc3c2N[C@H]2[C@@H]3CC4C[C@H]2C[C@@](O)(C4)C3)o1. The molecule has 4 bridgehead atoms. The number of fused-ring (bicyclic) bond motifs is 1. The summed E-state index contributed by atoms with van der Waals surface area (Å²) in [5, 5.41) is 21.9. The third-order valence-electron chi connectivity index (χ3n) is 6.81. The van der Waals surface area contributed by atoms with E-state index in [1.54, 1.807) is 6.20 Å². The molecule has 5 atom stereocenters. The Hall–Kier alpha value is -2.61. The number of pyridine rings is 1. The Morgan fingerprint density at radius 2 is 2.07 bits per heavy atom. The van der Waals surface area contributed by atoms with Crippen molar-refractivity contribution in [3.8, 4) is 11.5 Å². The minimum absolute atomic E-state index is 0.237. The number of nitrogens with one attached hydrogen (secondary N) is 3. The second-order valence-electron chi connectivity index (χ2n) is 8.57. The molecule has 4 aliphatic rings. The highest BCUT2D eigenvalue weighted by Gasteiger charge is 2.54. The lowest BCUT2D eigenvalue weighted by atomic mass is 9.52. The van der Waals surface area contributed by atoms with Gasteiger partial charge in [0.05, 0.1) is 16.9 Å². The molecule has 140 valence electrons. The van der Waals surface area contributed by atoms with Gasteiger partial charge in [0.1, 0.15) is 5.65 Å². The van der Waals surface area contributed by atoms with Gasteiger partial charge in [-0.15, -0.1) is 5.10 Å². The Labute approximate surface area is 154 Å². The molecule has 4 fully saturated rings. The van der Waals surface area contributed by atoms with Crippen molar-refractivity contribution < 1.29 is 9.52 Å². The summed E-state index contributed by atoms with van der Waals surface area (Å²) in [6.45, 7) is 0. The fraction of sp³-hybridized carbons (Fsp3) is 0.526. The summed E-state index contributed by atoms with van der Waals surface area (Å²) < 4.78 is 5.21. The molecule has 3 heterocycles. The van der Waals surface area contributed by atoms with E-state index in [2.05, 4.69) is 25.5 Å². The van der Waals surface area contributed by atoms with Crippen LogP contribution in [0, 0.1) is 17.8 Å². The van der Waals surface area contributed by atoms with Crippen LogP contribution in [-0.4, -0.2) is 36.9 Å². The maximum Gasteiger partial charge on any atom is 0.434 e. The van der Waals surface area contributed by atoms with Crippen molar-refractivity contribution >= 4 is 16.7 Å². The predicted molar refractivity (Wildman–Crippen MR) is 98.1 cm³/mol. The zero-order valence-electron chi connectivity index (χ0n) is 14.7. The van der Waals surface area contributed by atoms with Crippen molar-refractivity contribution in [1.82, 2.24) is 20.2 Å². The van der Waals surface area contributed by atoms with Crippen LogP contribution in [0.15, 0.2) is 27.7 Å².